The number of hydrogen-bond acceptors (Lipinski definition) is 7. The van der Waals surface area contributed by atoms with Gasteiger partial charge in [0.05, 0.1) is 12.9 Å². The predicted molar refractivity (Wildman–Crippen MR) is 120 cm³/mol. The molecule has 0 aliphatic rings. The number of nitrogens with one attached hydrogen (secondary N) is 1. The van der Waals surface area contributed by atoms with E-state index in [1.54, 1.807) is 23.8 Å². The van der Waals surface area contributed by atoms with Crippen molar-refractivity contribution in [3.8, 4) is 23.0 Å². The highest BCUT2D eigenvalue weighted by Crippen LogP contribution is 2.21. The maximum Gasteiger partial charge on any atom is 0.231 e. The second kappa shape index (κ2) is 9.75. The van der Waals surface area contributed by atoms with E-state index in [0.717, 1.165) is 16.9 Å². The van der Waals surface area contributed by atoms with E-state index in [-0.39, 0.29) is 18.9 Å². The van der Waals surface area contributed by atoms with Gasteiger partial charge >= 0.3 is 0 Å². The van der Waals surface area contributed by atoms with E-state index < -0.39 is 10.0 Å². The second-order valence-electron chi connectivity index (χ2n) is 6.99. The van der Waals surface area contributed by atoms with Crippen LogP contribution in [-0.2, 0) is 16.4 Å². The van der Waals surface area contributed by atoms with Gasteiger partial charge in [-0.3, -0.25) is 0 Å². The average Bonchev–Trinajstić information content (AvgIpc) is 3.25. The maximum absolute atomic E-state index is 12.2. The van der Waals surface area contributed by atoms with Gasteiger partial charge < -0.3 is 9.47 Å². The molecule has 0 spiro atoms. The van der Waals surface area contributed by atoms with Gasteiger partial charge in [-0.05, 0) is 42.3 Å². The predicted octanol–water partition coefficient (Wildman–Crippen LogP) is 2.34. The summed E-state index contributed by atoms with van der Waals surface area (Å²) in [6, 6.07) is 20.3. The molecule has 1 N–H and O–H groups in total. The third-order valence-electron chi connectivity index (χ3n) is 4.76. The number of methoxy groups -OCH3 is 1. The minimum Gasteiger partial charge on any atom is -0.497 e. The van der Waals surface area contributed by atoms with Gasteiger partial charge in [0.1, 0.15) is 12.4 Å². The van der Waals surface area contributed by atoms with Crippen molar-refractivity contribution in [2.45, 2.75) is 6.42 Å². The van der Waals surface area contributed by atoms with Crippen LogP contribution in [0.2, 0.25) is 0 Å². The maximum atomic E-state index is 12.2. The molecule has 2 heterocycles. The minimum absolute atomic E-state index is 0.0210. The van der Waals surface area contributed by atoms with Gasteiger partial charge in [0.25, 0.3) is 0 Å². The number of sulfonamides is 1. The fraction of sp³-hybridized carbons (Fsp3) is 0.227. The molecule has 166 valence electrons. The number of aryl methyl sites for hydroxylation is 1. The molecule has 0 amide bonds. The van der Waals surface area contributed by atoms with E-state index >= 15 is 0 Å². The Hall–Kier alpha value is -3.50. The zero-order valence-corrected chi connectivity index (χ0v) is 18.3. The smallest absolute Gasteiger partial charge is 0.231 e. The summed E-state index contributed by atoms with van der Waals surface area (Å²) in [5, 5.41) is 12.7. The lowest BCUT2D eigenvalue weighted by atomic mass is 10.2. The Bertz CT molecular complexity index is 1270. The van der Waals surface area contributed by atoms with Crippen LogP contribution in [0.1, 0.15) is 5.56 Å². The van der Waals surface area contributed by atoms with Crippen molar-refractivity contribution in [2.24, 2.45) is 0 Å². The molecule has 0 saturated carbocycles. The Balaban J connectivity index is 1.34. The Morgan fingerprint density at radius 1 is 0.969 bits per heavy atom. The number of nitrogens with zero attached hydrogens (tertiary/aromatic N) is 4. The molecular formula is C22H23N5O4S. The Morgan fingerprint density at radius 2 is 1.75 bits per heavy atom. The van der Waals surface area contributed by atoms with Crippen molar-refractivity contribution in [2.75, 3.05) is 26.0 Å². The molecular weight excluding hydrogens is 430 g/mol. The Morgan fingerprint density at radius 3 is 2.50 bits per heavy atom. The van der Waals surface area contributed by atoms with Crippen molar-refractivity contribution >= 4 is 15.7 Å². The first-order valence-electron chi connectivity index (χ1n) is 10.0. The average molecular weight is 454 g/mol. The normalized spacial score (nSPS) is 11.5. The third-order valence-corrected chi connectivity index (χ3v) is 6.15. The van der Waals surface area contributed by atoms with Gasteiger partial charge in [-0.1, -0.05) is 30.3 Å². The summed E-state index contributed by atoms with van der Waals surface area (Å²) in [6.45, 7) is 0.285. The monoisotopic (exact) mass is 453 g/mol. The number of benzene rings is 2. The molecule has 9 nitrogen and oxygen atoms in total. The molecule has 0 aliphatic heterocycles. The van der Waals surface area contributed by atoms with Crippen LogP contribution in [0.4, 0.5) is 0 Å². The molecule has 0 fully saturated rings. The standard InChI is InChI=1S/C22H23N5O4S/c1-30-19-9-7-18(8-10-19)22-25-24-20-11-12-21(26-27(20)22)31-15-14-23-32(28,29)16-13-17-5-3-2-4-6-17/h2-12,23H,13-16H2,1H3. The van der Waals surface area contributed by atoms with Crippen molar-refractivity contribution in [1.82, 2.24) is 24.5 Å². The van der Waals surface area contributed by atoms with Gasteiger partial charge in [-0.25, -0.2) is 13.1 Å². The third kappa shape index (κ3) is 5.40. The molecule has 0 aliphatic carbocycles. The van der Waals surface area contributed by atoms with Crippen LogP contribution in [-0.4, -0.2) is 54.2 Å². The molecule has 2 aromatic heterocycles. The van der Waals surface area contributed by atoms with E-state index in [1.807, 2.05) is 54.6 Å². The van der Waals surface area contributed by atoms with E-state index in [2.05, 4.69) is 20.0 Å². The first kappa shape index (κ1) is 21.7. The van der Waals surface area contributed by atoms with Crippen LogP contribution in [0.15, 0.2) is 66.7 Å². The van der Waals surface area contributed by atoms with Crippen LogP contribution >= 0.6 is 0 Å². The first-order valence-corrected chi connectivity index (χ1v) is 11.7. The summed E-state index contributed by atoms with van der Waals surface area (Å²) in [4.78, 5) is 0. The van der Waals surface area contributed by atoms with Gasteiger partial charge in [0.2, 0.25) is 15.9 Å². The van der Waals surface area contributed by atoms with E-state index in [4.69, 9.17) is 9.47 Å². The summed E-state index contributed by atoms with van der Waals surface area (Å²) in [7, 11) is -1.79. The Kier molecular flexibility index (Phi) is 6.62. The summed E-state index contributed by atoms with van der Waals surface area (Å²) >= 11 is 0. The topological polar surface area (TPSA) is 108 Å². The first-order chi connectivity index (χ1) is 15.5. The summed E-state index contributed by atoms with van der Waals surface area (Å²) < 4.78 is 39.3. The highest BCUT2D eigenvalue weighted by atomic mass is 32.2. The van der Waals surface area contributed by atoms with Crippen molar-refractivity contribution < 1.29 is 17.9 Å². The van der Waals surface area contributed by atoms with Gasteiger partial charge in [0.15, 0.2) is 11.5 Å². The second-order valence-corrected chi connectivity index (χ2v) is 8.92. The van der Waals surface area contributed by atoms with Gasteiger partial charge in [-0.15, -0.1) is 15.3 Å². The molecule has 4 aromatic rings. The molecule has 32 heavy (non-hydrogen) atoms. The molecule has 0 bridgehead atoms. The van der Waals surface area contributed by atoms with Crippen LogP contribution in [0.25, 0.3) is 17.0 Å². The molecule has 0 saturated heterocycles. The SMILES string of the molecule is COc1ccc(-c2nnc3ccc(OCCNS(=O)(=O)CCc4ccccc4)nn23)cc1. The van der Waals surface area contributed by atoms with Crippen LogP contribution in [0.3, 0.4) is 0 Å². The van der Waals surface area contributed by atoms with Crippen molar-refractivity contribution in [3.63, 3.8) is 0 Å². The zero-order chi connectivity index (χ0) is 22.4. The lowest BCUT2D eigenvalue weighted by Crippen LogP contribution is -2.31. The lowest BCUT2D eigenvalue weighted by Gasteiger charge is -2.08. The van der Waals surface area contributed by atoms with Crippen molar-refractivity contribution in [3.05, 3.63) is 72.3 Å². The number of rotatable bonds is 10. The number of fused-ring (bicyclic) bond motifs is 1. The van der Waals surface area contributed by atoms with Gasteiger partial charge in [-0.2, -0.15) is 4.52 Å². The number of ether oxygens (including phenoxy) is 2. The Labute approximate surface area is 186 Å². The van der Waals surface area contributed by atoms with Crippen LogP contribution in [0, 0.1) is 0 Å². The number of hydrogen-bond donors (Lipinski definition) is 1. The van der Waals surface area contributed by atoms with E-state index in [0.29, 0.717) is 23.8 Å². The molecule has 10 heteroatoms. The largest absolute Gasteiger partial charge is 0.497 e. The number of aromatic nitrogens is 4. The zero-order valence-electron chi connectivity index (χ0n) is 17.5. The summed E-state index contributed by atoms with van der Waals surface area (Å²) in [5.74, 6) is 1.67. The minimum atomic E-state index is -3.39. The fourth-order valence-electron chi connectivity index (χ4n) is 3.09. The fourth-order valence-corrected chi connectivity index (χ4v) is 4.13. The van der Waals surface area contributed by atoms with E-state index in [1.165, 1.54) is 0 Å². The quantitative estimate of drug-likeness (QED) is 0.367. The molecule has 4 rings (SSSR count). The van der Waals surface area contributed by atoms with Gasteiger partial charge in [0, 0.05) is 18.2 Å². The van der Waals surface area contributed by atoms with Crippen molar-refractivity contribution in [1.29, 1.82) is 0 Å². The summed E-state index contributed by atoms with van der Waals surface area (Å²) in [6.07, 6.45) is 0.455. The molecule has 2 aromatic carbocycles. The van der Waals surface area contributed by atoms with Crippen LogP contribution < -0.4 is 14.2 Å². The molecule has 0 atom stereocenters. The highest BCUT2D eigenvalue weighted by Gasteiger charge is 2.12. The van der Waals surface area contributed by atoms with Crippen LogP contribution in [0.5, 0.6) is 11.6 Å². The highest BCUT2D eigenvalue weighted by molar-refractivity contribution is 7.89. The lowest BCUT2D eigenvalue weighted by molar-refractivity contribution is 0.306. The summed E-state index contributed by atoms with van der Waals surface area (Å²) in [5.41, 5.74) is 2.38. The molecule has 0 radical (unpaired) electrons. The molecule has 0 unspecified atom stereocenters. The van der Waals surface area contributed by atoms with E-state index in [9.17, 15) is 8.42 Å².